The summed E-state index contributed by atoms with van der Waals surface area (Å²) in [7, 11) is 1.58. The highest BCUT2D eigenvalue weighted by molar-refractivity contribution is 8.00. The van der Waals surface area contributed by atoms with E-state index in [0.29, 0.717) is 34.6 Å². The lowest BCUT2D eigenvalue weighted by Crippen LogP contribution is -2.19. The molecule has 176 valence electrons. The molecule has 0 bridgehead atoms. The second-order valence-electron chi connectivity index (χ2n) is 7.16. The molecule has 34 heavy (non-hydrogen) atoms. The SMILES string of the molecule is C=CCc1cc(/C=N\NC(=O)CSc2ccc(Cl)cc2)cc(OC)c1OCc1ccc(Cl)cc1. The van der Waals surface area contributed by atoms with Crippen LogP contribution in [-0.4, -0.2) is 25.0 Å². The maximum Gasteiger partial charge on any atom is 0.250 e. The van der Waals surface area contributed by atoms with E-state index < -0.39 is 0 Å². The first-order valence-electron chi connectivity index (χ1n) is 10.4. The lowest BCUT2D eigenvalue weighted by atomic mass is 10.1. The van der Waals surface area contributed by atoms with E-state index in [0.717, 1.165) is 21.6 Å². The van der Waals surface area contributed by atoms with E-state index in [2.05, 4.69) is 17.1 Å². The number of ether oxygens (including phenoxy) is 2. The van der Waals surface area contributed by atoms with Crippen LogP contribution in [0.4, 0.5) is 0 Å². The molecule has 0 aromatic heterocycles. The van der Waals surface area contributed by atoms with E-state index in [9.17, 15) is 4.79 Å². The molecule has 0 aliphatic rings. The smallest absolute Gasteiger partial charge is 0.250 e. The minimum Gasteiger partial charge on any atom is -0.493 e. The first-order valence-corrected chi connectivity index (χ1v) is 12.1. The number of amides is 1. The van der Waals surface area contributed by atoms with Gasteiger partial charge in [0, 0.05) is 20.5 Å². The maximum absolute atomic E-state index is 12.1. The molecule has 8 heteroatoms. The van der Waals surface area contributed by atoms with Gasteiger partial charge >= 0.3 is 0 Å². The van der Waals surface area contributed by atoms with Crippen molar-refractivity contribution in [3.63, 3.8) is 0 Å². The predicted octanol–water partition coefficient (Wildman–Crippen LogP) is 6.55. The van der Waals surface area contributed by atoms with Gasteiger partial charge in [-0.3, -0.25) is 4.79 Å². The van der Waals surface area contributed by atoms with Crippen molar-refractivity contribution >= 4 is 47.1 Å². The molecule has 1 amide bonds. The van der Waals surface area contributed by atoms with E-state index in [-0.39, 0.29) is 11.7 Å². The molecular formula is C26H24Cl2N2O3S. The zero-order valence-corrected chi connectivity index (χ0v) is 20.9. The third-order valence-corrected chi connectivity index (χ3v) is 6.14. The molecule has 0 saturated heterocycles. The van der Waals surface area contributed by atoms with Gasteiger partial charge in [-0.1, -0.05) is 41.4 Å². The molecule has 0 aliphatic heterocycles. The number of thioether (sulfide) groups is 1. The number of carbonyl (C=O) groups is 1. The Labute approximate surface area is 213 Å². The number of hydrogen-bond donors (Lipinski definition) is 1. The van der Waals surface area contributed by atoms with Gasteiger partial charge in [-0.05, 0) is 66.1 Å². The standard InChI is InChI=1S/C26H24Cl2N2O3S/c1-3-4-20-13-19(15-29-30-25(31)17-34-23-11-9-22(28)10-12-23)14-24(32-2)26(20)33-16-18-5-7-21(27)8-6-18/h3,5-15H,1,4,16-17H2,2H3,(H,30,31)/b29-15-. The molecule has 1 N–H and O–H groups in total. The van der Waals surface area contributed by atoms with Crippen LogP contribution >= 0.6 is 35.0 Å². The van der Waals surface area contributed by atoms with Crippen LogP contribution in [0.5, 0.6) is 11.5 Å². The maximum atomic E-state index is 12.1. The third kappa shape index (κ3) is 7.83. The number of methoxy groups -OCH3 is 1. The summed E-state index contributed by atoms with van der Waals surface area (Å²) in [5.74, 6) is 1.23. The van der Waals surface area contributed by atoms with Crippen LogP contribution in [0.15, 0.2) is 83.3 Å². The van der Waals surface area contributed by atoms with Crippen LogP contribution in [0, 0.1) is 0 Å². The van der Waals surface area contributed by atoms with E-state index in [1.54, 1.807) is 31.5 Å². The molecule has 0 fully saturated rings. The minimum atomic E-state index is -0.211. The van der Waals surface area contributed by atoms with Crippen molar-refractivity contribution in [3.05, 3.63) is 100 Å². The summed E-state index contributed by atoms with van der Waals surface area (Å²) in [5.41, 5.74) is 5.19. The second kappa shape index (κ2) is 13.1. The second-order valence-corrected chi connectivity index (χ2v) is 9.08. The van der Waals surface area contributed by atoms with Crippen molar-refractivity contribution in [1.29, 1.82) is 0 Å². The molecule has 3 aromatic rings. The number of hydrazone groups is 1. The first-order chi connectivity index (χ1) is 16.5. The van der Waals surface area contributed by atoms with Crippen LogP contribution in [-0.2, 0) is 17.8 Å². The van der Waals surface area contributed by atoms with Crippen molar-refractivity contribution in [2.45, 2.75) is 17.9 Å². The number of benzene rings is 3. The lowest BCUT2D eigenvalue weighted by molar-refractivity contribution is -0.118. The van der Waals surface area contributed by atoms with Gasteiger partial charge in [0.2, 0.25) is 5.91 Å². The van der Waals surface area contributed by atoms with Crippen LogP contribution in [0.1, 0.15) is 16.7 Å². The molecule has 5 nitrogen and oxygen atoms in total. The molecular weight excluding hydrogens is 491 g/mol. The fourth-order valence-corrected chi connectivity index (χ4v) is 3.95. The van der Waals surface area contributed by atoms with Crippen molar-refractivity contribution in [2.24, 2.45) is 5.10 Å². The number of hydrogen-bond acceptors (Lipinski definition) is 5. The van der Waals surface area contributed by atoms with E-state index in [4.69, 9.17) is 32.7 Å². The average Bonchev–Trinajstić information content (AvgIpc) is 2.84. The fraction of sp³-hybridized carbons (Fsp3) is 0.154. The van der Waals surface area contributed by atoms with Crippen molar-refractivity contribution < 1.29 is 14.3 Å². The Morgan fingerprint density at radius 3 is 2.41 bits per heavy atom. The van der Waals surface area contributed by atoms with Gasteiger partial charge < -0.3 is 9.47 Å². The number of halogens is 2. The van der Waals surface area contributed by atoms with Gasteiger partial charge in [0.15, 0.2) is 11.5 Å². The van der Waals surface area contributed by atoms with Crippen molar-refractivity contribution in [2.75, 3.05) is 12.9 Å². The average molecular weight is 515 g/mol. The normalized spacial score (nSPS) is 10.8. The quantitative estimate of drug-likeness (QED) is 0.136. The summed E-state index contributed by atoms with van der Waals surface area (Å²) < 4.78 is 11.6. The van der Waals surface area contributed by atoms with Crippen LogP contribution in [0.25, 0.3) is 0 Å². The molecule has 0 saturated carbocycles. The summed E-state index contributed by atoms with van der Waals surface area (Å²) >= 11 is 13.2. The van der Waals surface area contributed by atoms with Gasteiger partial charge in [-0.25, -0.2) is 5.43 Å². The van der Waals surface area contributed by atoms with Gasteiger partial charge in [0.05, 0.1) is 19.1 Å². The summed E-state index contributed by atoms with van der Waals surface area (Å²) in [4.78, 5) is 13.1. The molecule has 0 atom stereocenters. The Balaban J connectivity index is 1.65. The van der Waals surface area contributed by atoms with Crippen LogP contribution < -0.4 is 14.9 Å². The zero-order chi connectivity index (χ0) is 24.3. The summed E-state index contributed by atoms with van der Waals surface area (Å²) in [6, 6.07) is 18.5. The Morgan fingerprint density at radius 2 is 1.76 bits per heavy atom. The van der Waals surface area contributed by atoms with E-state index >= 15 is 0 Å². The number of carbonyl (C=O) groups excluding carboxylic acids is 1. The highest BCUT2D eigenvalue weighted by Gasteiger charge is 2.13. The molecule has 0 spiro atoms. The van der Waals surface area contributed by atoms with Gasteiger partial charge in [-0.2, -0.15) is 5.10 Å². The molecule has 0 aliphatic carbocycles. The Morgan fingerprint density at radius 1 is 1.09 bits per heavy atom. The van der Waals surface area contributed by atoms with E-state index in [1.165, 1.54) is 11.8 Å². The highest BCUT2D eigenvalue weighted by atomic mass is 35.5. The molecule has 0 radical (unpaired) electrons. The lowest BCUT2D eigenvalue weighted by Gasteiger charge is -2.16. The van der Waals surface area contributed by atoms with E-state index in [1.807, 2.05) is 48.5 Å². The van der Waals surface area contributed by atoms with Crippen LogP contribution in [0.3, 0.4) is 0 Å². The fourth-order valence-electron chi connectivity index (χ4n) is 3.01. The number of allylic oxidation sites excluding steroid dienone is 1. The van der Waals surface area contributed by atoms with Crippen molar-refractivity contribution in [1.82, 2.24) is 5.43 Å². The topological polar surface area (TPSA) is 59.9 Å². The summed E-state index contributed by atoms with van der Waals surface area (Å²) in [6.07, 6.45) is 3.95. The van der Waals surface area contributed by atoms with Gasteiger partial charge in [0.1, 0.15) is 6.61 Å². The van der Waals surface area contributed by atoms with Crippen LogP contribution in [0.2, 0.25) is 10.0 Å². The molecule has 3 rings (SSSR count). The molecule has 0 unspecified atom stereocenters. The molecule has 3 aromatic carbocycles. The Hall–Kier alpha value is -2.93. The number of nitrogens with zero attached hydrogens (tertiary/aromatic N) is 1. The molecule has 0 heterocycles. The number of rotatable bonds is 11. The minimum absolute atomic E-state index is 0.211. The van der Waals surface area contributed by atoms with Gasteiger partial charge in [0.25, 0.3) is 0 Å². The highest BCUT2D eigenvalue weighted by Crippen LogP contribution is 2.34. The van der Waals surface area contributed by atoms with Gasteiger partial charge in [-0.15, -0.1) is 18.3 Å². The van der Waals surface area contributed by atoms with Crippen molar-refractivity contribution in [3.8, 4) is 11.5 Å². The predicted molar refractivity (Wildman–Crippen MR) is 141 cm³/mol. The Bertz CT molecular complexity index is 1150. The summed E-state index contributed by atoms with van der Waals surface area (Å²) in [6.45, 7) is 4.20. The number of nitrogens with one attached hydrogen (secondary N) is 1. The first kappa shape index (κ1) is 25.7. The zero-order valence-electron chi connectivity index (χ0n) is 18.6. The largest absolute Gasteiger partial charge is 0.493 e. The Kier molecular flexibility index (Phi) is 9.89. The monoisotopic (exact) mass is 514 g/mol. The third-order valence-electron chi connectivity index (χ3n) is 4.62. The summed E-state index contributed by atoms with van der Waals surface area (Å²) in [5, 5.41) is 5.41.